The zero-order chi connectivity index (χ0) is 20.0. The smallest absolute Gasteiger partial charge is 0.297 e. The summed E-state index contributed by atoms with van der Waals surface area (Å²) in [5, 5.41) is 10.7. The molecule has 1 amide bonds. The zero-order valence-corrected chi connectivity index (χ0v) is 15.5. The lowest BCUT2D eigenvalue weighted by Gasteiger charge is -2.19. The van der Waals surface area contributed by atoms with E-state index in [2.05, 4.69) is 20.5 Å². The van der Waals surface area contributed by atoms with Crippen LogP contribution in [0.1, 0.15) is 5.82 Å². The third-order valence-electron chi connectivity index (χ3n) is 4.66. The molecule has 0 bridgehead atoms. The number of nitrogens with one attached hydrogen (secondary N) is 1. The van der Waals surface area contributed by atoms with Crippen LogP contribution in [0, 0.1) is 6.92 Å². The molecule has 0 aliphatic carbocycles. The molecule has 4 heterocycles. The molecule has 0 fully saturated rings. The molecule has 0 saturated carbocycles. The van der Waals surface area contributed by atoms with E-state index in [1.54, 1.807) is 47.9 Å². The lowest BCUT2D eigenvalue weighted by atomic mass is 10.2. The molecule has 1 N–H and O–H groups in total. The van der Waals surface area contributed by atoms with E-state index in [-0.39, 0.29) is 18.1 Å². The van der Waals surface area contributed by atoms with Crippen LogP contribution >= 0.6 is 0 Å². The van der Waals surface area contributed by atoms with E-state index in [4.69, 9.17) is 9.47 Å². The van der Waals surface area contributed by atoms with Gasteiger partial charge in [0.05, 0.1) is 5.52 Å². The first-order chi connectivity index (χ1) is 14.1. The Hall–Kier alpha value is -3.95. The average Bonchev–Trinajstić information content (AvgIpc) is 3.13. The van der Waals surface area contributed by atoms with Crippen molar-refractivity contribution in [1.29, 1.82) is 0 Å². The number of aromatic nitrogens is 5. The molecule has 146 valence electrons. The fourth-order valence-electron chi connectivity index (χ4n) is 3.38. The average molecular weight is 392 g/mol. The van der Waals surface area contributed by atoms with Crippen LogP contribution < -0.4 is 20.3 Å². The monoisotopic (exact) mass is 392 g/mol. The highest BCUT2D eigenvalue weighted by Gasteiger charge is 2.18. The van der Waals surface area contributed by atoms with Gasteiger partial charge in [0.15, 0.2) is 17.1 Å². The minimum Gasteiger partial charge on any atom is -0.486 e. The molecule has 3 aromatic heterocycles. The molecular weight excluding hydrogens is 376 g/mol. The first-order valence-corrected chi connectivity index (χ1v) is 9.00. The van der Waals surface area contributed by atoms with Crippen molar-refractivity contribution in [1.82, 2.24) is 24.1 Å². The van der Waals surface area contributed by atoms with E-state index >= 15 is 0 Å². The third kappa shape index (κ3) is 2.85. The number of carbonyl (C=O) groups is 1. The number of anilines is 1. The molecule has 0 saturated heterocycles. The van der Waals surface area contributed by atoms with Gasteiger partial charge in [-0.05, 0) is 31.2 Å². The van der Waals surface area contributed by atoms with Crippen molar-refractivity contribution in [3.05, 3.63) is 52.7 Å². The maximum absolute atomic E-state index is 12.9. The predicted octanol–water partition coefficient (Wildman–Crippen LogP) is 1.16. The molecule has 0 atom stereocenters. The van der Waals surface area contributed by atoms with Crippen molar-refractivity contribution in [2.24, 2.45) is 0 Å². The van der Waals surface area contributed by atoms with Crippen LogP contribution in [0.3, 0.4) is 0 Å². The summed E-state index contributed by atoms with van der Waals surface area (Å²) in [6, 6.07) is 8.60. The Balaban J connectivity index is 1.50. The number of hydrogen-bond acceptors (Lipinski definition) is 7. The van der Waals surface area contributed by atoms with Gasteiger partial charge in [-0.3, -0.25) is 18.6 Å². The van der Waals surface area contributed by atoms with Gasteiger partial charge in [-0.15, -0.1) is 10.2 Å². The van der Waals surface area contributed by atoms with Gasteiger partial charge in [-0.1, -0.05) is 0 Å². The van der Waals surface area contributed by atoms with Crippen molar-refractivity contribution < 1.29 is 14.3 Å². The summed E-state index contributed by atoms with van der Waals surface area (Å²) in [5.41, 5.74) is 1.29. The van der Waals surface area contributed by atoms with Crippen LogP contribution in [0.2, 0.25) is 0 Å². The summed E-state index contributed by atoms with van der Waals surface area (Å²) in [6.45, 7) is 2.49. The molecule has 4 aromatic rings. The Morgan fingerprint density at radius 1 is 1.14 bits per heavy atom. The lowest BCUT2D eigenvalue weighted by molar-refractivity contribution is -0.116. The Morgan fingerprint density at radius 2 is 1.97 bits per heavy atom. The van der Waals surface area contributed by atoms with E-state index < -0.39 is 5.56 Å². The largest absolute Gasteiger partial charge is 0.486 e. The number of benzene rings is 1. The highest BCUT2D eigenvalue weighted by molar-refractivity contribution is 5.92. The first kappa shape index (κ1) is 17.2. The fourth-order valence-corrected chi connectivity index (χ4v) is 3.38. The number of pyridine rings is 1. The second-order valence-corrected chi connectivity index (χ2v) is 6.55. The second-order valence-electron chi connectivity index (χ2n) is 6.55. The number of amides is 1. The molecule has 1 aliphatic heterocycles. The first-order valence-electron chi connectivity index (χ1n) is 9.00. The number of ether oxygens (including phenoxy) is 2. The van der Waals surface area contributed by atoms with Crippen LogP contribution in [0.25, 0.3) is 16.8 Å². The highest BCUT2D eigenvalue weighted by Crippen LogP contribution is 2.32. The summed E-state index contributed by atoms with van der Waals surface area (Å²) < 4.78 is 14.0. The van der Waals surface area contributed by atoms with Crippen molar-refractivity contribution in [2.75, 3.05) is 18.5 Å². The van der Waals surface area contributed by atoms with Gasteiger partial charge < -0.3 is 14.8 Å². The Labute approximate surface area is 163 Å². The molecule has 0 unspecified atom stereocenters. The molecule has 5 rings (SSSR count). The van der Waals surface area contributed by atoms with Crippen LogP contribution in [0.15, 0.2) is 41.3 Å². The molecule has 1 aliphatic rings. The summed E-state index contributed by atoms with van der Waals surface area (Å²) in [7, 11) is 0. The summed E-state index contributed by atoms with van der Waals surface area (Å²) >= 11 is 0. The maximum Gasteiger partial charge on any atom is 0.297 e. The van der Waals surface area contributed by atoms with Gasteiger partial charge >= 0.3 is 0 Å². The molecule has 0 radical (unpaired) electrons. The summed E-state index contributed by atoms with van der Waals surface area (Å²) in [4.78, 5) is 30.0. The van der Waals surface area contributed by atoms with Crippen molar-refractivity contribution in [3.8, 4) is 11.5 Å². The highest BCUT2D eigenvalue weighted by atomic mass is 16.6. The maximum atomic E-state index is 12.9. The van der Waals surface area contributed by atoms with E-state index in [0.717, 1.165) is 0 Å². The van der Waals surface area contributed by atoms with Gasteiger partial charge in [-0.25, -0.2) is 4.98 Å². The molecule has 10 nitrogen and oxygen atoms in total. The minimum absolute atomic E-state index is 0.126. The van der Waals surface area contributed by atoms with E-state index in [9.17, 15) is 9.59 Å². The van der Waals surface area contributed by atoms with Crippen LogP contribution in [-0.4, -0.2) is 43.3 Å². The Morgan fingerprint density at radius 3 is 2.83 bits per heavy atom. The number of aryl methyl sites for hydroxylation is 1. The van der Waals surface area contributed by atoms with Crippen LogP contribution in [-0.2, 0) is 11.3 Å². The zero-order valence-electron chi connectivity index (χ0n) is 15.5. The fraction of sp³-hybridized carbons (Fsp3) is 0.211. The van der Waals surface area contributed by atoms with Gasteiger partial charge in [0.1, 0.15) is 25.6 Å². The molecule has 10 heteroatoms. The van der Waals surface area contributed by atoms with Crippen molar-refractivity contribution >= 4 is 28.4 Å². The molecule has 1 aromatic carbocycles. The number of hydrogen-bond donors (Lipinski definition) is 1. The van der Waals surface area contributed by atoms with Crippen molar-refractivity contribution in [3.63, 3.8) is 0 Å². The summed E-state index contributed by atoms with van der Waals surface area (Å²) in [6.07, 6.45) is 1.62. The minimum atomic E-state index is -0.413. The van der Waals surface area contributed by atoms with Gasteiger partial charge in [0, 0.05) is 18.0 Å². The Kier molecular flexibility index (Phi) is 3.90. The van der Waals surface area contributed by atoms with Gasteiger partial charge in [0.2, 0.25) is 11.6 Å². The number of carbonyl (C=O) groups excluding carboxylic acids is 1. The lowest BCUT2D eigenvalue weighted by Crippen LogP contribution is -2.30. The number of nitrogens with zero attached hydrogens (tertiary/aromatic N) is 5. The Bertz CT molecular complexity index is 1330. The van der Waals surface area contributed by atoms with Gasteiger partial charge in [0.25, 0.3) is 5.56 Å². The van der Waals surface area contributed by atoms with Crippen molar-refractivity contribution in [2.45, 2.75) is 13.5 Å². The van der Waals surface area contributed by atoms with Crippen LogP contribution in [0.4, 0.5) is 5.69 Å². The summed E-state index contributed by atoms with van der Waals surface area (Å²) in [5.74, 6) is 1.39. The third-order valence-corrected chi connectivity index (χ3v) is 4.66. The van der Waals surface area contributed by atoms with E-state index in [0.29, 0.717) is 47.4 Å². The van der Waals surface area contributed by atoms with E-state index in [1.807, 2.05) is 0 Å². The molecular formula is C19H16N6O4. The quantitative estimate of drug-likeness (QED) is 0.557. The predicted molar refractivity (Wildman–Crippen MR) is 103 cm³/mol. The standard InChI is InChI=1S/C19H16N6O4/c1-11-22-23-18-19(27)24(13-3-2-6-20-17(13)25(11)18)10-16(26)21-12-4-5-14-15(9-12)29-8-7-28-14/h2-6,9H,7-8,10H2,1H3,(H,21,26). The number of rotatable bonds is 3. The normalized spacial score (nSPS) is 13.0. The van der Waals surface area contributed by atoms with Gasteiger partial charge in [-0.2, -0.15) is 0 Å². The SMILES string of the molecule is Cc1nnc2c(=O)n(CC(=O)Nc3ccc4c(c3)OCCO4)c3cccnc3n12. The second kappa shape index (κ2) is 6.59. The van der Waals surface area contributed by atoms with Crippen LogP contribution in [0.5, 0.6) is 11.5 Å². The molecule has 0 spiro atoms. The van der Waals surface area contributed by atoms with E-state index in [1.165, 1.54) is 4.57 Å². The topological polar surface area (TPSA) is 113 Å². The number of fused-ring (bicyclic) bond motifs is 4. The molecule has 29 heavy (non-hydrogen) atoms.